The maximum atomic E-state index is 12.9. The first-order chi connectivity index (χ1) is 12.6. The van der Waals surface area contributed by atoms with Crippen LogP contribution in [0.15, 0.2) is 35.1 Å². The smallest absolute Gasteiger partial charge is 0.274 e. The van der Waals surface area contributed by atoms with Crippen molar-refractivity contribution in [3.8, 4) is 0 Å². The Morgan fingerprint density at radius 1 is 1.15 bits per heavy atom. The van der Waals surface area contributed by atoms with Gasteiger partial charge in [-0.2, -0.15) is 13.2 Å². The van der Waals surface area contributed by atoms with Gasteiger partial charge in [-0.05, 0) is 18.4 Å². The average Bonchev–Trinajstić information content (AvgIpc) is 2.91. The minimum Gasteiger partial charge on any atom is -0.274 e. The largest absolute Gasteiger partial charge is 0.451 e. The standard InChI is InChI=1S/C16H19F3N4O3S/c1-21-14(16(17,18)19)20-23(15(21)24)13-7-9-22(10-8-13)27(25,26)11-12-5-3-2-4-6-12/h2-6,13H,7-11H2,1H3. The van der Waals surface area contributed by atoms with E-state index >= 15 is 0 Å². The predicted molar refractivity (Wildman–Crippen MR) is 91.4 cm³/mol. The molecule has 0 amide bonds. The van der Waals surface area contributed by atoms with Crippen LogP contribution in [0.1, 0.15) is 30.3 Å². The van der Waals surface area contributed by atoms with Crippen LogP contribution < -0.4 is 5.69 Å². The van der Waals surface area contributed by atoms with Crippen LogP contribution in [-0.4, -0.2) is 40.2 Å². The summed E-state index contributed by atoms with van der Waals surface area (Å²) >= 11 is 0. The molecule has 27 heavy (non-hydrogen) atoms. The normalized spacial score (nSPS) is 17.3. The van der Waals surface area contributed by atoms with E-state index in [2.05, 4.69) is 5.10 Å². The first-order valence-electron chi connectivity index (χ1n) is 8.34. The number of alkyl halides is 3. The Hall–Kier alpha value is -2.14. The minimum atomic E-state index is -4.72. The van der Waals surface area contributed by atoms with E-state index in [1.54, 1.807) is 30.3 Å². The Kier molecular flexibility index (Phi) is 5.17. The summed E-state index contributed by atoms with van der Waals surface area (Å²) in [5.74, 6) is -1.40. The van der Waals surface area contributed by atoms with Crippen LogP contribution >= 0.6 is 0 Å². The highest BCUT2D eigenvalue weighted by atomic mass is 32.2. The van der Waals surface area contributed by atoms with Crippen LogP contribution in [0.3, 0.4) is 0 Å². The highest BCUT2D eigenvalue weighted by Crippen LogP contribution is 2.28. The van der Waals surface area contributed by atoms with E-state index < -0.39 is 33.8 Å². The minimum absolute atomic E-state index is 0.129. The highest BCUT2D eigenvalue weighted by molar-refractivity contribution is 7.88. The zero-order valence-electron chi connectivity index (χ0n) is 14.6. The molecule has 0 spiro atoms. The van der Waals surface area contributed by atoms with Crippen molar-refractivity contribution in [3.63, 3.8) is 0 Å². The van der Waals surface area contributed by atoms with Crippen LogP contribution in [0, 0.1) is 0 Å². The maximum absolute atomic E-state index is 12.9. The molecular weight excluding hydrogens is 385 g/mol. The van der Waals surface area contributed by atoms with Gasteiger partial charge in [-0.15, -0.1) is 5.10 Å². The van der Waals surface area contributed by atoms with Gasteiger partial charge in [0.1, 0.15) is 0 Å². The Morgan fingerprint density at radius 3 is 2.26 bits per heavy atom. The molecule has 0 N–H and O–H groups in total. The highest BCUT2D eigenvalue weighted by Gasteiger charge is 2.39. The molecule has 0 atom stereocenters. The second kappa shape index (κ2) is 7.12. The Bertz CT molecular complexity index is 959. The number of benzene rings is 1. The van der Waals surface area contributed by atoms with Crippen molar-refractivity contribution < 1.29 is 21.6 Å². The zero-order chi connectivity index (χ0) is 19.8. The quantitative estimate of drug-likeness (QED) is 0.778. The summed E-state index contributed by atoms with van der Waals surface area (Å²) in [5.41, 5.74) is -0.191. The lowest BCUT2D eigenvalue weighted by Crippen LogP contribution is -2.41. The first-order valence-corrected chi connectivity index (χ1v) is 9.95. The topological polar surface area (TPSA) is 77.2 Å². The molecule has 3 rings (SSSR count). The molecular formula is C16H19F3N4O3S. The van der Waals surface area contributed by atoms with Crippen LogP contribution in [0.2, 0.25) is 0 Å². The third-order valence-corrected chi connectivity index (χ3v) is 6.46. The molecule has 148 valence electrons. The molecule has 2 heterocycles. The van der Waals surface area contributed by atoms with Crippen molar-refractivity contribution >= 4 is 10.0 Å². The van der Waals surface area contributed by atoms with Gasteiger partial charge in [0.25, 0.3) is 0 Å². The maximum Gasteiger partial charge on any atom is 0.451 e. The molecule has 0 radical (unpaired) electrons. The molecule has 1 aromatic heterocycles. The van der Waals surface area contributed by atoms with E-state index in [0.717, 1.165) is 11.7 Å². The number of sulfonamides is 1. The Morgan fingerprint density at radius 2 is 1.74 bits per heavy atom. The fourth-order valence-electron chi connectivity index (χ4n) is 3.18. The summed E-state index contributed by atoms with van der Waals surface area (Å²) in [6.07, 6.45) is -4.27. The van der Waals surface area contributed by atoms with Crippen molar-refractivity contribution in [2.75, 3.05) is 13.1 Å². The van der Waals surface area contributed by atoms with Crippen LogP contribution in [0.5, 0.6) is 0 Å². The molecule has 0 saturated carbocycles. The van der Waals surface area contributed by atoms with E-state index in [0.29, 0.717) is 10.1 Å². The van der Waals surface area contributed by atoms with Crippen molar-refractivity contribution in [2.45, 2.75) is 30.8 Å². The van der Waals surface area contributed by atoms with Gasteiger partial charge in [-0.25, -0.2) is 22.2 Å². The van der Waals surface area contributed by atoms with E-state index in [4.69, 9.17) is 0 Å². The zero-order valence-corrected chi connectivity index (χ0v) is 15.4. The van der Waals surface area contributed by atoms with Gasteiger partial charge in [-0.1, -0.05) is 30.3 Å². The summed E-state index contributed by atoms with van der Waals surface area (Å²) < 4.78 is 66.4. The van der Waals surface area contributed by atoms with Gasteiger partial charge >= 0.3 is 11.9 Å². The Balaban J connectivity index is 1.72. The monoisotopic (exact) mass is 404 g/mol. The predicted octanol–water partition coefficient (Wildman–Crippen LogP) is 1.77. The number of aromatic nitrogens is 3. The van der Waals surface area contributed by atoms with Gasteiger partial charge in [0.2, 0.25) is 15.8 Å². The summed E-state index contributed by atoms with van der Waals surface area (Å²) in [6.45, 7) is 0.258. The number of piperidine rings is 1. The van der Waals surface area contributed by atoms with Crippen molar-refractivity contribution in [2.24, 2.45) is 7.05 Å². The van der Waals surface area contributed by atoms with E-state index in [1.807, 2.05) is 0 Å². The average molecular weight is 404 g/mol. The first kappa shape index (κ1) is 19.6. The van der Waals surface area contributed by atoms with Gasteiger partial charge < -0.3 is 0 Å². The number of halogens is 3. The lowest BCUT2D eigenvalue weighted by atomic mass is 10.1. The second-order valence-electron chi connectivity index (χ2n) is 6.48. The van der Waals surface area contributed by atoms with Crippen molar-refractivity contribution in [3.05, 3.63) is 52.2 Å². The van der Waals surface area contributed by atoms with Crippen molar-refractivity contribution in [1.29, 1.82) is 0 Å². The molecule has 1 aromatic carbocycles. The summed E-state index contributed by atoms with van der Waals surface area (Å²) in [6, 6.07) is 8.17. The number of rotatable bonds is 4. The number of hydrogen-bond donors (Lipinski definition) is 0. The van der Waals surface area contributed by atoms with Crippen LogP contribution in [-0.2, 0) is 29.0 Å². The fourth-order valence-corrected chi connectivity index (χ4v) is 4.75. The molecule has 0 unspecified atom stereocenters. The number of hydrogen-bond acceptors (Lipinski definition) is 4. The molecule has 2 aromatic rings. The number of nitrogens with zero attached hydrogens (tertiary/aromatic N) is 4. The van der Waals surface area contributed by atoms with Gasteiger partial charge in [0, 0.05) is 20.1 Å². The third kappa shape index (κ3) is 4.08. The van der Waals surface area contributed by atoms with Gasteiger partial charge in [0.05, 0.1) is 11.8 Å². The van der Waals surface area contributed by atoms with Gasteiger partial charge in [0.15, 0.2) is 0 Å². The van der Waals surface area contributed by atoms with E-state index in [9.17, 15) is 26.4 Å². The molecule has 1 saturated heterocycles. The van der Waals surface area contributed by atoms with E-state index in [1.165, 1.54) is 4.31 Å². The molecule has 0 bridgehead atoms. The van der Waals surface area contributed by atoms with E-state index in [-0.39, 0.29) is 31.7 Å². The van der Waals surface area contributed by atoms with Crippen LogP contribution in [0.25, 0.3) is 0 Å². The third-order valence-electron chi connectivity index (χ3n) is 4.61. The second-order valence-corrected chi connectivity index (χ2v) is 8.45. The lowest BCUT2D eigenvalue weighted by molar-refractivity contribution is -0.147. The summed E-state index contributed by atoms with van der Waals surface area (Å²) in [4.78, 5) is 12.1. The molecule has 0 aliphatic carbocycles. The summed E-state index contributed by atoms with van der Waals surface area (Å²) in [7, 11) is -2.52. The summed E-state index contributed by atoms with van der Waals surface area (Å²) in [5, 5.41) is 3.43. The molecule has 1 aliphatic heterocycles. The molecule has 1 fully saturated rings. The van der Waals surface area contributed by atoms with Crippen LogP contribution in [0.4, 0.5) is 13.2 Å². The molecule has 7 nitrogen and oxygen atoms in total. The van der Waals surface area contributed by atoms with Gasteiger partial charge in [-0.3, -0.25) is 4.57 Å². The molecule has 1 aliphatic rings. The Labute approximate surface area is 154 Å². The fraction of sp³-hybridized carbons (Fsp3) is 0.500. The van der Waals surface area contributed by atoms with Crippen molar-refractivity contribution in [1.82, 2.24) is 18.7 Å². The molecule has 11 heteroatoms. The lowest BCUT2D eigenvalue weighted by Gasteiger charge is -2.30. The SMILES string of the molecule is Cn1c(C(F)(F)F)nn(C2CCN(S(=O)(=O)Cc3ccccc3)CC2)c1=O.